The number of nitrogens with zero attached hydrogens (tertiary/aromatic N) is 1. The first-order valence-electron chi connectivity index (χ1n) is 7.07. The van der Waals surface area contributed by atoms with Crippen molar-refractivity contribution in [2.24, 2.45) is 7.05 Å². The van der Waals surface area contributed by atoms with Crippen molar-refractivity contribution in [3.05, 3.63) is 65.4 Å². The van der Waals surface area contributed by atoms with Gasteiger partial charge in [0.2, 0.25) is 0 Å². The molecule has 0 aliphatic heterocycles. The highest BCUT2D eigenvalue weighted by atomic mass is 19.1. The molecule has 0 saturated heterocycles. The van der Waals surface area contributed by atoms with Gasteiger partial charge in [0.1, 0.15) is 11.6 Å². The van der Waals surface area contributed by atoms with Crippen molar-refractivity contribution in [3.63, 3.8) is 0 Å². The Balaban J connectivity index is 2.27. The molecule has 1 aromatic heterocycles. The monoisotopic (exact) mass is 285 g/mol. The molecular formula is C18H17F2N. The second kappa shape index (κ2) is 5.32. The molecule has 0 N–H and O–H groups in total. The lowest BCUT2D eigenvalue weighted by molar-refractivity contribution is 0.587. The molecule has 1 aliphatic rings. The molecule has 0 radical (unpaired) electrons. The average molecular weight is 285 g/mol. The van der Waals surface area contributed by atoms with Gasteiger partial charge in [0.15, 0.2) is 0 Å². The Labute approximate surface area is 123 Å². The Morgan fingerprint density at radius 3 is 2.43 bits per heavy atom. The van der Waals surface area contributed by atoms with E-state index in [4.69, 9.17) is 0 Å². The summed E-state index contributed by atoms with van der Waals surface area (Å²) in [4.78, 5) is 0. The SMILES string of the molecule is Cc1cc(C2=CCCC=C2)c(-c2c(F)cccc2F)n1C. The first-order chi connectivity index (χ1) is 10.1. The van der Waals surface area contributed by atoms with Crippen LogP contribution in [-0.4, -0.2) is 4.57 Å². The predicted molar refractivity (Wildman–Crippen MR) is 81.9 cm³/mol. The normalized spacial score (nSPS) is 14.4. The van der Waals surface area contributed by atoms with E-state index in [0.29, 0.717) is 5.69 Å². The van der Waals surface area contributed by atoms with E-state index in [-0.39, 0.29) is 5.56 Å². The van der Waals surface area contributed by atoms with Gasteiger partial charge in [0.25, 0.3) is 0 Å². The fourth-order valence-corrected chi connectivity index (χ4v) is 2.79. The van der Waals surface area contributed by atoms with Crippen LogP contribution in [0.3, 0.4) is 0 Å². The Morgan fingerprint density at radius 2 is 1.81 bits per heavy atom. The van der Waals surface area contributed by atoms with Gasteiger partial charge in [-0.3, -0.25) is 0 Å². The van der Waals surface area contributed by atoms with Crippen LogP contribution in [0.5, 0.6) is 0 Å². The highest BCUT2D eigenvalue weighted by Crippen LogP contribution is 2.36. The third-order valence-electron chi connectivity index (χ3n) is 3.98. The molecule has 1 heterocycles. The van der Waals surface area contributed by atoms with E-state index in [9.17, 15) is 8.78 Å². The fourth-order valence-electron chi connectivity index (χ4n) is 2.79. The number of hydrogen-bond donors (Lipinski definition) is 0. The Kier molecular flexibility index (Phi) is 3.50. The van der Waals surface area contributed by atoms with Crippen molar-refractivity contribution in [1.29, 1.82) is 0 Å². The van der Waals surface area contributed by atoms with E-state index in [1.807, 2.05) is 30.7 Å². The highest BCUT2D eigenvalue weighted by Gasteiger charge is 2.21. The van der Waals surface area contributed by atoms with Crippen LogP contribution in [0, 0.1) is 18.6 Å². The van der Waals surface area contributed by atoms with E-state index in [2.05, 4.69) is 12.2 Å². The topological polar surface area (TPSA) is 4.93 Å². The zero-order valence-electron chi connectivity index (χ0n) is 12.2. The number of halogens is 2. The van der Waals surface area contributed by atoms with Crippen molar-refractivity contribution in [2.45, 2.75) is 19.8 Å². The molecule has 0 amide bonds. The van der Waals surface area contributed by atoms with E-state index in [1.54, 1.807) is 0 Å². The number of aryl methyl sites for hydroxylation is 1. The summed E-state index contributed by atoms with van der Waals surface area (Å²) in [5.74, 6) is -1.06. The molecule has 3 heteroatoms. The van der Waals surface area contributed by atoms with Crippen molar-refractivity contribution in [3.8, 4) is 11.3 Å². The van der Waals surface area contributed by atoms with Crippen LogP contribution in [0.4, 0.5) is 8.78 Å². The molecule has 0 fully saturated rings. The summed E-state index contributed by atoms with van der Waals surface area (Å²) < 4.78 is 30.2. The molecule has 0 saturated carbocycles. The van der Waals surface area contributed by atoms with Gasteiger partial charge in [-0.15, -0.1) is 0 Å². The summed E-state index contributed by atoms with van der Waals surface area (Å²) in [5.41, 5.74) is 3.53. The molecule has 1 nitrogen and oxygen atoms in total. The second-order valence-corrected chi connectivity index (χ2v) is 5.34. The molecule has 1 aromatic carbocycles. The molecule has 108 valence electrons. The van der Waals surface area contributed by atoms with Gasteiger partial charge in [-0.25, -0.2) is 8.78 Å². The minimum absolute atomic E-state index is 0.0444. The summed E-state index contributed by atoms with van der Waals surface area (Å²) in [6.07, 6.45) is 8.22. The van der Waals surface area contributed by atoms with E-state index >= 15 is 0 Å². The van der Waals surface area contributed by atoms with Crippen molar-refractivity contribution >= 4 is 5.57 Å². The number of rotatable bonds is 2. The zero-order valence-corrected chi connectivity index (χ0v) is 12.2. The van der Waals surface area contributed by atoms with E-state index in [0.717, 1.165) is 29.7 Å². The lowest BCUT2D eigenvalue weighted by Crippen LogP contribution is -2.00. The molecule has 2 aromatic rings. The summed E-state index contributed by atoms with van der Waals surface area (Å²) in [6, 6.07) is 5.98. The highest BCUT2D eigenvalue weighted by molar-refractivity contribution is 5.85. The van der Waals surface area contributed by atoms with Crippen LogP contribution in [0.25, 0.3) is 16.8 Å². The predicted octanol–water partition coefficient (Wildman–Crippen LogP) is 5.01. The Morgan fingerprint density at radius 1 is 1.10 bits per heavy atom. The number of aromatic nitrogens is 1. The van der Waals surface area contributed by atoms with Crippen LogP contribution < -0.4 is 0 Å². The van der Waals surface area contributed by atoms with E-state index < -0.39 is 11.6 Å². The van der Waals surface area contributed by atoms with Crippen LogP contribution >= 0.6 is 0 Å². The summed E-state index contributed by atoms with van der Waals surface area (Å²) >= 11 is 0. The van der Waals surface area contributed by atoms with Gasteiger partial charge in [0.05, 0.1) is 11.3 Å². The first-order valence-corrected chi connectivity index (χ1v) is 7.07. The van der Waals surface area contributed by atoms with Gasteiger partial charge in [0, 0.05) is 18.3 Å². The minimum Gasteiger partial charge on any atom is -0.347 e. The molecule has 1 aliphatic carbocycles. The molecule has 0 bridgehead atoms. The molecule has 3 rings (SSSR count). The smallest absolute Gasteiger partial charge is 0.135 e. The van der Waals surface area contributed by atoms with Crippen molar-refractivity contribution in [1.82, 2.24) is 4.57 Å². The van der Waals surface area contributed by atoms with Gasteiger partial charge in [-0.05, 0) is 43.5 Å². The number of hydrogen-bond acceptors (Lipinski definition) is 0. The third-order valence-corrected chi connectivity index (χ3v) is 3.98. The number of benzene rings is 1. The fraction of sp³-hybridized carbons (Fsp3) is 0.222. The van der Waals surface area contributed by atoms with Gasteiger partial charge in [-0.1, -0.05) is 24.3 Å². The van der Waals surface area contributed by atoms with Gasteiger partial charge < -0.3 is 4.57 Å². The number of allylic oxidation sites excluding steroid dienone is 4. The maximum atomic E-state index is 14.2. The van der Waals surface area contributed by atoms with Crippen LogP contribution in [0.1, 0.15) is 24.1 Å². The molecule has 0 atom stereocenters. The minimum atomic E-state index is -0.530. The van der Waals surface area contributed by atoms with Gasteiger partial charge in [-0.2, -0.15) is 0 Å². The van der Waals surface area contributed by atoms with Crippen LogP contribution in [-0.2, 0) is 7.05 Å². The molecular weight excluding hydrogens is 268 g/mol. The lowest BCUT2D eigenvalue weighted by Gasteiger charge is -2.13. The van der Waals surface area contributed by atoms with E-state index in [1.165, 1.54) is 18.2 Å². The molecule has 21 heavy (non-hydrogen) atoms. The van der Waals surface area contributed by atoms with Crippen LogP contribution in [0.15, 0.2) is 42.5 Å². The summed E-state index contributed by atoms with van der Waals surface area (Å²) in [6.45, 7) is 1.94. The standard InChI is InChI=1S/C18H17F2N/c1-12-11-14(13-7-4-3-5-8-13)18(21(12)2)17-15(19)9-6-10-16(17)20/h4,6-11H,3,5H2,1-2H3. The summed E-state index contributed by atoms with van der Waals surface area (Å²) in [5, 5.41) is 0. The molecule has 0 unspecified atom stereocenters. The third kappa shape index (κ3) is 2.33. The Bertz CT molecular complexity index is 731. The largest absolute Gasteiger partial charge is 0.347 e. The maximum Gasteiger partial charge on any atom is 0.135 e. The zero-order chi connectivity index (χ0) is 15.0. The van der Waals surface area contributed by atoms with Crippen LogP contribution in [0.2, 0.25) is 0 Å². The second-order valence-electron chi connectivity index (χ2n) is 5.34. The molecule has 0 spiro atoms. The van der Waals surface area contributed by atoms with Gasteiger partial charge >= 0.3 is 0 Å². The first kappa shape index (κ1) is 13.8. The average Bonchev–Trinajstić information content (AvgIpc) is 2.77. The summed E-state index contributed by atoms with van der Waals surface area (Å²) in [7, 11) is 1.84. The maximum absolute atomic E-state index is 14.2. The van der Waals surface area contributed by atoms with Crippen molar-refractivity contribution < 1.29 is 8.78 Å². The quantitative estimate of drug-likeness (QED) is 0.730. The Hall–Kier alpha value is -2.16. The van der Waals surface area contributed by atoms with Crippen molar-refractivity contribution in [2.75, 3.05) is 0 Å². The lowest BCUT2D eigenvalue weighted by atomic mass is 9.96.